The van der Waals surface area contributed by atoms with Crippen molar-refractivity contribution in [2.24, 2.45) is 5.16 Å². The van der Waals surface area contributed by atoms with Crippen LogP contribution in [-0.4, -0.2) is 21.0 Å². The van der Waals surface area contributed by atoms with Crippen molar-refractivity contribution in [2.45, 2.75) is 12.8 Å². The van der Waals surface area contributed by atoms with Crippen molar-refractivity contribution in [1.82, 2.24) is 14.8 Å². The lowest BCUT2D eigenvalue weighted by Crippen LogP contribution is -2.09. The molecule has 11 heteroatoms. The zero-order valence-electron chi connectivity index (χ0n) is 13.8. The van der Waals surface area contributed by atoms with Gasteiger partial charge in [-0.2, -0.15) is 18.3 Å². The number of pyridine rings is 1. The normalized spacial score (nSPS) is 11.9. The van der Waals surface area contributed by atoms with Gasteiger partial charge < -0.3 is 4.84 Å². The van der Waals surface area contributed by atoms with Gasteiger partial charge in [0, 0.05) is 21.8 Å². The van der Waals surface area contributed by atoms with E-state index in [1.54, 1.807) is 24.3 Å². The van der Waals surface area contributed by atoms with Crippen LogP contribution < -0.4 is 0 Å². The summed E-state index contributed by atoms with van der Waals surface area (Å²) >= 11 is 18.0. The van der Waals surface area contributed by atoms with Crippen molar-refractivity contribution in [3.8, 4) is 5.82 Å². The summed E-state index contributed by atoms with van der Waals surface area (Å²) in [5.41, 5.74) is 0.00642. The van der Waals surface area contributed by atoms with Gasteiger partial charge in [-0.05, 0) is 24.3 Å². The molecule has 2 heterocycles. The Kier molecular flexibility index (Phi) is 6.12. The van der Waals surface area contributed by atoms with Crippen LogP contribution in [-0.2, 0) is 17.6 Å². The molecule has 0 bridgehead atoms. The van der Waals surface area contributed by atoms with E-state index >= 15 is 0 Å². The molecular formula is C17H10Cl3F3N4O. The van der Waals surface area contributed by atoms with E-state index in [1.807, 2.05) is 0 Å². The smallest absolute Gasteiger partial charge is 0.391 e. The molecule has 0 spiro atoms. The lowest BCUT2D eigenvalue weighted by Gasteiger charge is -2.10. The highest BCUT2D eigenvalue weighted by Crippen LogP contribution is 2.32. The predicted octanol–water partition coefficient (Wildman–Crippen LogP) is 5.80. The Bertz CT molecular complexity index is 1000. The van der Waals surface area contributed by atoms with E-state index in [9.17, 15) is 13.2 Å². The van der Waals surface area contributed by atoms with Gasteiger partial charge in [0.25, 0.3) is 0 Å². The van der Waals surface area contributed by atoms with Gasteiger partial charge in [-0.3, -0.25) is 0 Å². The van der Waals surface area contributed by atoms with Crippen molar-refractivity contribution in [1.29, 1.82) is 0 Å². The maximum absolute atomic E-state index is 12.7. The topological polar surface area (TPSA) is 52.3 Å². The molecule has 146 valence electrons. The second-order valence-corrected chi connectivity index (χ2v) is 6.62. The Labute approximate surface area is 172 Å². The number of alkyl halides is 3. The van der Waals surface area contributed by atoms with Crippen LogP contribution in [0.4, 0.5) is 13.2 Å². The molecule has 0 radical (unpaired) electrons. The molecule has 0 atom stereocenters. The molecule has 1 aromatic carbocycles. The maximum atomic E-state index is 12.7. The Morgan fingerprint density at radius 3 is 2.46 bits per heavy atom. The molecule has 3 aromatic rings. The van der Waals surface area contributed by atoms with Gasteiger partial charge in [0.2, 0.25) is 0 Å². The van der Waals surface area contributed by atoms with E-state index in [0.717, 1.165) is 6.07 Å². The Balaban J connectivity index is 1.76. The van der Waals surface area contributed by atoms with Crippen LogP contribution in [0, 0.1) is 0 Å². The fourth-order valence-corrected chi connectivity index (χ4v) is 2.95. The van der Waals surface area contributed by atoms with Gasteiger partial charge in [-0.15, -0.1) is 0 Å². The quantitative estimate of drug-likeness (QED) is 0.365. The molecule has 0 saturated heterocycles. The Morgan fingerprint density at radius 2 is 1.82 bits per heavy atom. The van der Waals surface area contributed by atoms with Crippen molar-refractivity contribution in [2.75, 3.05) is 0 Å². The number of hydrogen-bond donors (Lipinski definition) is 0. The predicted molar refractivity (Wildman–Crippen MR) is 100 cm³/mol. The van der Waals surface area contributed by atoms with Crippen LogP contribution in [0.2, 0.25) is 15.1 Å². The molecule has 0 fully saturated rings. The highest BCUT2D eigenvalue weighted by molar-refractivity contribution is 6.36. The van der Waals surface area contributed by atoms with Gasteiger partial charge in [0.15, 0.2) is 5.82 Å². The van der Waals surface area contributed by atoms with Crippen molar-refractivity contribution in [3.63, 3.8) is 0 Å². The number of aromatic nitrogens is 3. The van der Waals surface area contributed by atoms with Crippen molar-refractivity contribution in [3.05, 3.63) is 74.6 Å². The van der Waals surface area contributed by atoms with Crippen molar-refractivity contribution < 1.29 is 18.0 Å². The first kappa shape index (κ1) is 20.4. The van der Waals surface area contributed by atoms with Gasteiger partial charge in [-0.1, -0.05) is 46.0 Å². The molecule has 0 saturated carbocycles. The molecule has 0 unspecified atom stereocenters. The maximum Gasteiger partial charge on any atom is 0.417 e. The molecule has 5 nitrogen and oxygen atoms in total. The van der Waals surface area contributed by atoms with E-state index in [0.29, 0.717) is 27.5 Å². The van der Waals surface area contributed by atoms with Crippen LogP contribution in [0.15, 0.2) is 47.9 Å². The fraction of sp³-hybridized carbons (Fsp3) is 0.118. The molecule has 0 N–H and O–H groups in total. The number of rotatable bonds is 5. The minimum absolute atomic E-state index is 0.0234. The minimum atomic E-state index is -4.54. The summed E-state index contributed by atoms with van der Waals surface area (Å²) in [4.78, 5) is 8.95. The highest BCUT2D eigenvalue weighted by Gasteiger charge is 2.31. The Morgan fingerprint density at radius 1 is 1.11 bits per heavy atom. The summed E-state index contributed by atoms with van der Waals surface area (Å²) in [6.07, 6.45) is -1.13. The number of nitrogens with zero attached hydrogens (tertiary/aromatic N) is 4. The summed E-state index contributed by atoms with van der Waals surface area (Å²) in [5, 5.41) is 8.48. The van der Waals surface area contributed by atoms with Gasteiger partial charge >= 0.3 is 6.18 Å². The number of oxime groups is 1. The van der Waals surface area contributed by atoms with Gasteiger partial charge in [0.05, 0.1) is 28.7 Å². The van der Waals surface area contributed by atoms with E-state index in [1.165, 1.54) is 17.1 Å². The molecule has 0 aliphatic heterocycles. The number of hydrogen-bond acceptors (Lipinski definition) is 4. The molecule has 3 rings (SSSR count). The van der Waals surface area contributed by atoms with Gasteiger partial charge in [0.1, 0.15) is 6.61 Å². The van der Waals surface area contributed by atoms with E-state index < -0.39 is 11.7 Å². The summed E-state index contributed by atoms with van der Waals surface area (Å²) in [7, 11) is 0. The second-order valence-electron chi connectivity index (χ2n) is 5.40. The van der Waals surface area contributed by atoms with Crippen molar-refractivity contribution >= 4 is 41.0 Å². The lowest BCUT2D eigenvalue weighted by molar-refractivity contribution is -0.137. The number of benzene rings is 1. The first-order valence-corrected chi connectivity index (χ1v) is 8.76. The average Bonchev–Trinajstić information content (AvgIpc) is 3.08. The zero-order valence-corrected chi connectivity index (χ0v) is 16.1. The fourth-order valence-electron chi connectivity index (χ4n) is 2.19. The molecule has 0 aliphatic rings. The van der Waals surface area contributed by atoms with Crippen LogP contribution in [0.3, 0.4) is 0 Å². The third-order valence-electron chi connectivity index (χ3n) is 3.55. The van der Waals surface area contributed by atoms with E-state index in [4.69, 9.17) is 39.6 Å². The molecule has 28 heavy (non-hydrogen) atoms. The first-order chi connectivity index (χ1) is 13.3. The van der Waals surface area contributed by atoms with E-state index in [2.05, 4.69) is 15.2 Å². The van der Waals surface area contributed by atoms with Crippen LogP contribution >= 0.6 is 34.8 Å². The second kappa shape index (κ2) is 8.38. The third-order valence-corrected chi connectivity index (χ3v) is 4.54. The largest absolute Gasteiger partial charge is 0.417 e. The number of halogens is 6. The standard InChI is InChI=1S/C17H10Cl3F3N4O/c18-13-2-1-3-14(19)12(13)9-28-26-8-11-4-5-25-27(11)16-15(20)6-10(7-24-16)17(21,22)23/h1-8H,9H2/b26-8+. The summed E-state index contributed by atoms with van der Waals surface area (Å²) in [5.74, 6) is 0.0234. The molecule has 2 aromatic heterocycles. The molecule has 0 amide bonds. The van der Waals surface area contributed by atoms with Crippen LogP contribution in [0.5, 0.6) is 0 Å². The minimum Gasteiger partial charge on any atom is -0.391 e. The van der Waals surface area contributed by atoms with E-state index in [-0.39, 0.29) is 17.4 Å². The SMILES string of the molecule is FC(F)(F)c1cnc(-n2nccc2/C=N/OCc2c(Cl)cccc2Cl)c(Cl)c1. The molecule has 0 aliphatic carbocycles. The lowest BCUT2D eigenvalue weighted by atomic mass is 10.2. The summed E-state index contributed by atoms with van der Waals surface area (Å²) in [6, 6.07) is 7.39. The first-order valence-electron chi connectivity index (χ1n) is 7.62. The molecular weight excluding hydrogens is 440 g/mol. The Hall–Kier alpha value is -2.29. The van der Waals surface area contributed by atoms with Crippen LogP contribution in [0.1, 0.15) is 16.8 Å². The van der Waals surface area contributed by atoms with Crippen LogP contribution in [0.25, 0.3) is 5.82 Å². The summed E-state index contributed by atoms with van der Waals surface area (Å²) in [6.45, 7) is 0.0302. The average molecular weight is 450 g/mol. The van der Waals surface area contributed by atoms with Gasteiger partial charge in [-0.25, -0.2) is 9.67 Å². The third kappa shape index (κ3) is 4.57. The monoisotopic (exact) mass is 448 g/mol. The summed E-state index contributed by atoms with van der Waals surface area (Å²) < 4.78 is 39.5. The highest BCUT2D eigenvalue weighted by atomic mass is 35.5. The zero-order chi connectivity index (χ0) is 20.3.